The smallest absolute Gasteiger partial charge is 0.321 e. The monoisotopic (exact) mass is 273 g/mol. The molecule has 1 aromatic carbocycles. The number of carbonyl (C=O) groups is 2. The molecule has 20 heavy (non-hydrogen) atoms. The Bertz CT molecular complexity index is 579. The number of hydrogen-bond acceptors (Lipinski definition) is 3. The zero-order valence-corrected chi connectivity index (χ0v) is 11.0. The van der Waals surface area contributed by atoms with Gasteiger partial charge in [0.15, 0.2) is 0 Å². The molecule has 1 aromatic rings. The summed E-state index contributed by atoms with van der Waals surface area (Å²) in [5.41, 5.74) is 0.987. The second kappa shape index (κ2) is 5.61. The molecular formula is C14H15N3O3. The normalized spacial score (nSPS) is 21.3. The maximum absolute atomic E-state index is 12.1. The number of anilines is 1. The van der Waals surface area contributed by atoms with E-state index in [0.717, 1.165) is 0 Å². The van der Waals surface area contributed by atoms with Gasteiger partial charge in [-0.25, -0.2) is 4.79 Å². The van der Waals surface area contributed by atoms with Gasteiger partial charge in [0, 0.05) is 18.8 Å². The van der Waals surface area contributed by atoms with E-state index >= 15 is 0 Å². The van der Waals surface area contributed by atoms with Crippen molar-refractivity contribution < 1.29 is 14.7 Å². The highest BCUT2D eigenvalue weighted by atomic mass is 16.4. The van der Waals surface area contributed by atoms with Crippen LogP contribution in [-0.2, 0) is 4.79 Å². The highest BCUT2D eigenvalue weighted by Gasteiger charge is 2.36. The lowest BCUT2D eigenvalue weighted by molar-refractivity contribution is -0.142. The molecule has 1 aliphatic rings. The molecule has 6 heteroatoms. The molecule has 1 aliphatic heterocycles. The van der Waals surface area contributed by atoms with E-state index in [1.165, 1.54) is 4.90 Å². The lowest BCUT2D eigenvalue weighted by Crippen LogP contribution is -2.33. The first-order valence-electron chi connectivity index (χ1n) is 6.30. The second-order valence-electron chi connectivity index (χ2n) is 4.95. The first-order chi connectivity index (χ1) is 9.51. The first-order valence-corrected chi connectivity index (χ1v) is 6.30. The third kappa shape index (κ3) is 2.88. The molecule has 0 aliphatic carbocycles. The number of nitriles is 1. The number of amides is 2. The van der Waals surface area contributed by atoms with Crippen molar-refractivity contribution in [1.29, 1.82) is 5.26 Å². The van der Waals surface area contributed by atoms with Crippen LogP contribution in [0.4, 0.5) is 10.5 Å². The second-order valence-corrected chi connectivity index (χ2v) is 4.95. The largest absolute Gasteiger partial charge is 0.481 e. The molecule has 2 atom stereocenters. The number of aliphatic carboxylic acids is 1. The maximum Gasteiger partial charge on any atom is 0.321 e. The van der Waals surface area contributed by atoms with E-state index in [2.05, 4.69) is 5.32 Å². The van der Waals surface area contributed by atoms with Crippen molar-refractivity contribution in [3.63, 3.8) is 0 Å². The Balaban J connectivity index is 2.03. The number of nitrogens with one attached hydrogen (secondary N) is 1. The molecule has 1 fully saturated rings. The van der Waals surface area contributed by atoms with E-state index in [0.29, 0.717) is 17.8 Å². The predicted molar refractivity (Wildman–Crippen MR) is 72.0 cm³/mol. The van der Waals surface area contributed by atoms with Gasteiger partial charge in [-0.05, 0) is 24.1 Å². The van der Waals surface area contributed by atoms with Crippen LogP contribution < -0.4 is 5.32 Å². The number of hydrogen-bond donors (Lipinski definition) is 2. The summed E-state index contributed by atoms with van der Waals surface area (Å²) in [5.74, 6) is -1.46. The highest BCUT2D eigenvalue weighted by molar-refractivity contribution is 5.90. The number of carboxylic acid groups (broad SMARTS) is 1. The molecule has 1 heterocycles. The van der Waals surface area contributed by atoms with Gasteiger partial charge in [0.1, 0.15) is 0 Å². The van der Waals surface area contributed by atoms with E-state index in [-0.39, 0.29) is 18.5 Å². The van der Waals surface area contributed by atoms with E-state index in [4.69, 9.17) is 10.4 Å². The van der Waals surface area contributed by atoms with Gasteiger partial charge in [-0.15, -0.1) is 0 Å². The average molecular weight is 273 g/mol. The Labute approximate surface area is 116 Å². The molecule has 0 unspecified atom stereocenters. The van der Waals surface area contributed by atoms with Gasteiger partial charge < -0.3 is 15.3 Å². The van der Waals surface area contributed by atoms with Crippen LogP contribution in [0, 0.1) is 23.2 Å². The molecule has 104 valence electrons. The van der Waals surface area contributed by atoms with Crippen LogP contribution in [0.15, 0.2) is 24.3 Å². The summed E-state index contributed by atoms with van der Waals surface area (Å²) in [6, 6.07) is 8.25. The van der Waals surface area contributed by atoms with Crippen LogP contribution in [-0.4, -0.2) is 35.1 Å². The zero-order chi connectivity index (χ0) is 14.7. The summed E-state index contributed by atoms with van der Waals surface area (Å²) < 4.78 is 0. The van der Waals surface area contributed by atoms with Gasteiger partial charge in [-0.2, -0.15) is 5.26 Å². The van der Waals surface area contributed by atoms with E-state index in [1.54, 1.807) is 24.3 Å². The third-order valence-corrected chi connectivity index (χ3v) is 3.46. The highest BCUT2D eigenvalue weighted by Crippen LogP contribution is 2.24. The Kier molecular flexibility index (Phi) is 3.89. The predicted octanol–water partition coefficient (Wildman–Crippen LogP) is 1.74. The minimum Gasteiger partial charge on any atom is -0.481 e. The van der Waals surface area contributed by atoms with E-state index in [1.807, 2.05) is 13.0 Å². The van der Waals surface area contributed by atoms with Crippen molar-refractivity contribution in [3.05, 3.63) is 29.8 Å². The maximum atomic E-state index is 12.1. The number of urea groups is 1. The Morgan fingerprint density at radius 3 is 2.80 bits per heavy atom. The molecule has 0 radical (unpaired) electrons. The third-order valence-electron chi connectivity index (χ3n) is 3.46. The summed E-state index contributed by atoms with van der Waals surface area (Å²) in [4.78, 5) is 24.6. The number of carboxylic acids is 1. The number of nitrogens with zero attached hydrogens (tertiary/aromatic N) is 2. The van der Waals surface area contributed by atoms with Gasteiger partial charge in [0.2, 0.25) is 0 Å². The lowest BCUT2D eigenvalue weighted by atomic mass is 9.99. The Hall–Kier alpha value is -2.55. The van der Waals surface area contributed by atoms with E-state index in [9.17, 15) is 9.59 Å². The molecule has 0 saturated carbocycles. The van der Waals surface area contributed by atoms with E-state index < -0.39 is 11.9 Å². The van der Waals surface area contributed by atoms with Crippen LogP contribution >= 0.6 is 0 Å². The van der Waals surface area contributed by atoms with Crippen molar-refractivity contribution in [2.75, 3.05) is 18.4 Å². The molecule has 0 bridgehead atoms. The van der Waals surface area contributed by atoms with Crippen molar-refractivity contribution >= 4 is 17.7 Å². The van der Waals surface area contributed by atoms with Gasteiger partial charge in [-0.1, -0.05) is 13.0 Å². The van der Waals surface area contributed by atoms with Crippen LogP contribution in [0.1, 0.15) is 12.5 Å². The SMILES string of the molecule is C[C@@H]1CN(C(=O)Nc2cccc(C#N)c2)C[C@H]1C(=O)O. The first kappa shape index (κ1) is 13.9. The standard InChI is InChI=1S/C14H15N3O3/c1-9-7-17(8-12(9)13(18)19)14(20)16-11-4-2-3-10(5-11)6-15/h2-5,9,12H,7-8H2,1H3,(H,16,20)(H,18,19)/t9-,12-/m1/s1. The van der Waals surface area contributed by atoms with Gasteiger partial charge >= 0.3 is 12.0 Å². The minimum atomic E-state index is -0.876. The molecule has 1 saturated heterocycles. The van der Waals surface area contributed by atoms with Crippen LogP contribution in [0.5, 0.6) is 0 Å². The molecule has 2 N–H and O–H groups in total. The topological polar surface area (TPSA) is 93.4 Å². The van der Waals surface area contributed by atoms with Crippen LogP contribution in [0.2, 0.25) is 0 Å². The molecule has 2 amide bonds. The quantitative estimate of drug-likeness (QED) is 0.858. The Morgan fingerprint density at radius 1 is 1.45 bits per heavy atom. The zero-order valence-electron chi connectivity index (χ0n) is 11.0. The number of likely N-dealkylation sites (tertiary alicyclic amines) is 1. The van der Waals surface area contributed by atoms with Crippen molar-refractivity contribution in [1.82, 2.24) is 4.90 Å². The summed E-state index contributed by atoms with van der Waals surface area (Å²) in [7, 11) is 0. The molecule has 0 aromatic heterocycles. The average Bonchev–Trinajstić information content (AvgIpc) is 2.81. The van der Waals surface area contributed by atoms with Gasteiger partial charge in [0.25, 0.3) is 0 Å². The van der Waals surface area contributed by atoms with Gasteiger partial charge in [-0.3, -0.25) is 4.79 Å². The van der Waals surface area contributed by atoms with Crippen molar-refractivity contribution in [2.24, 2.45) is 11.8 Å². The molecule has 2 rings (SSSR count). The Morgan fingerprint density at radius 2 is 2.20 bits per heavy atom. The summed E-state index contributed by atoms with van der Waals surface area (Å²) in [6.07, 6.45) is 0. The summed E-state index contributed by atoms with van der Waals surface area (Å²) in [6.45, 7) is 2.45. The number of benzene rings is 1. The van der Waals surface area contributed by atoms with Crippen LogP contribution in [0.3, 0.4) is 0 Å². The van der Waals surface area contributed by atoms with Crippen LogP contribution in [0.25, 0.3) is 0 Å². The molecule has 0 spiro atoms. The summed E-state index contributed by atoms with van der Waals surface area (Å²) in [5, 5.41) is 20.5. The fourth-order valence-electron chi connectivity index (χ4n) is 2.32. The fraction of sp³-hybridized carbons (Fsp3) is 0.357. The number of carbonyl (C=O) groups excluding carboxylic acids is 1. The van der Waals surface area contributed by atoms with Gasteiger partial charge in [0.05, 0.1) is 17.6 Å². The lowest BCUT2D eigenvalue weighted by Gasteiger charge is -2.16. The fourth-order valence-corrected chi connectivity index (χ4v) is 2.32. The molecule has 6 nitrogen and oxygen atoms in total. The number of rotatable bonds is 2. The van der Waals surface area contributed by atoms with Crippen molar-refractivity contribution in [3.8, 4) is 6.07 Å². The molecular weight excluding hydrogens is 258 g/mol. The van der Waals surface area contributed by atoms with Crippen molar-refractivity contribution in [2.45, 2.75) is 6.92 Å². The minimum absolute atomic E-state index is 0.0660. The summed E-state index contributed by atoms with van der Waals surface area (Å²) >= 11 is 0.